The predicted octanol–water partition coefficient (Wildman–Crippen LogP) is 0.920. The van der Waals surface area contributed by atoms with Gasteiger partial charge in [0.05, 0.1) is 11.6 Å². The van der Waals surface area contributed by atoms with Crippen LogP contribution in [0.15, 0.2) is 10.8 Å². The number of rotatable bonds is 2. The Morgan fingerprint density at radius 2 is 2.35 bits per heavy atom. The van der Waals surface area contributed by atoms with Gasteiger partial charge in [-0.3, -0.25) is 9.59 Å². The van der Waals surface area contributed by atoms with E-state index in [1.54, 1.807) is 6.92 Å². The summed E-state index contributed by atoms with van der Waals surface area (Å²) in [6.07, 6.45) is 2.55. The zero-order valence-corrected chi connectivity index (χ0v) is 9.55. The van der Waals surface area contributed by atoms with E-state index in [2.05, 4.69) is 4.98 Å². The van der Waals surface area contributed by atoms with Crippen molar-refractivity contribution in [1.29, 1.82) is 0 Å². The van der Waals surface area contributed by atoms with Gasteiger partial charge in [0.15, 0.2) is 6.39 Å². The van der Waals surface area contributed by atoms with E-state index in [0.29, 0.717) is 25.1 Å². The number of carboxylic acids is 1. The first-order chi connectivity index (χ1) is 8.09. The van der Waals surface area contributed by atoms with Gasteiger partial charge in [-0.1, -0.05) is 0 Å². The van der Waals surface area contributed by atoms with Crippen molar-refractivity contribution in [3.63, 3.8) is 0 Å². The topological polar surface area (TPSA) is 83.6 Å². The molecule has 1 saturated heterocycles. The van der Waals surface area contributed by atoms with Crippen LogP contribution in [0.2, 0.25) is 0 Å². The average molecular weight is 238 g/mol. The van der Waals surface area contributed by atoms with Gasteiger partial charge in [0.1, 0.15) is 0 Å². The lowest BCUT2D eigenvalue weighted by Crippen LogP contribution is -2.42. The SMILES string of the molecule is Cc1ncoc1C(=O)N1CCC[C@H](C(=O)O)C1. The second-order valence-corrected chi connectivity index (χ2v) is 4.20. The molecule has 1 aliphatic rings. The highest BCUT2D eigenvalue weighted by Gasteiger charge is 2.30. The number of carboxylic acid groups (broad SMARTS) is 1. The molecular weight excluding hydrogens is 224 g/mol. The van der Waals surface area contributed by atoms with E-state index in [1.165, 1.54) is 11.3 Å². The van der Waals surface area contributed by atoms with Crippen LogP contribution in [0.25, 0.3) is 0 Å². The van der Waals surface area contributed by atoms with Crippen molar-refractivity contribution in [1.82, 2.24) is 9.88 Å². The van der Waals surface area contributed by atoms with Crippen LogP contribution in [0.4, 0.5) is 0 Å². The Kier molecular flexibility index (Phi) is 3.12. The smallest absolute Gasteiger partial charge is 0.308 e. The number of aryl methyl sites for hydroxylation is 1. The fourth-order valence-electron chi connectivity index (χ4n) is 2.01. The van der Waals surface area contributed by atoms with E-state index >= 15 is 0 Å². The predicted molar refractivity (Wildman–Crippen MR) is 57.5 cm³/mol. The van der Waals surface area contributed by atoms with E-state index in [-0.39, 0.29) is 18.2 Å². The second kappa shape index (κ2) is 4.57. The van der Waals surface area contributed by atoms with Crippen molar-refractivity contribution in [3.05, 3.63) is 17.8 Å². The van der Waals surface area contributed by atoms with Crippen LogP contribution in [0.1, 0.15) is 29.1 Å². The summed E-state index contributed by atoms with van der Waals surface area (Å²) in [5, 5.41) is 8.95. The van der Waals surface area contributed by atoms with Gasteiger partial charge in [-0.2, -0.15) is 0 Å². The van der Waals surface area contributed by atoms with Crippen LogP contribution in [0, 0.1) is 12.8 Å². The van der Waals surface area contributed by atoms with Crippen LogP contribution in [0.5, 0.6) is 0 Å². The fourth-order valence-corrected chi connectivity index (χ4v) is 2.01. The van der Waals surface area contributed by atoms with Crippen LogP contribution < -0.4 is 0 Å². The molecule has 0 aromatic carbocycles. The molecule has 92 valence electrons. The van der Waals surface area contributed by atoms with Gasteiger partial charge in [0.25, 0.3) is 5.91 Å². The van der Waals surface area contributed by atoms with E-state index in [1.807, 2.05) is 0 Å². The maximum Gasteiger partial charge on any atom is 0.308 e. The molecule has 2 rings (SSSR count). The highest BCUT2D eigenvalue weighted by Crippen LogP contribution is 2.19. The molecule has 0 unspecified atom stereocenters. The van der Waals surface area contributed by atoms with Crippen molar-refractivity contribution in [2.75, 3.05) is 13.1 Å². The van der Waals surface area contributed by atoms with Crippen molar-refractivity contribution in [2.45, 2.75) is 19.8 Å². The molecule has 2 heterocycles. The zero-order valence-electron chi connectivity index (χ0n) is 9.55. The van der Waals surface area contributed by atoms with E-state index in [4.69, 9.17) is 9.52 Å². The van der Waals surface area contributed by atoms with Gasteiger partial charge in [-0.15, -0.1) is 0 Å². The summed E-state index contributed by atoms with van der Waals surface area (Å²) >= 11 is 0. The normalized spacial score (nSPS) is 20.3. The summed E-state index contributed by atoms with van der Waals surface area (Å²) in [4.78, 5) is 28.3. The van der Waals surface area contributed by atoms with Crippen LogP contribution >= 0.6 is 0 Å². The fraction of sp³-hybridized carbons (Fsp3) is 0.545. The summed E-state index contributed by atoms with van der Waals surface area (Å²) in [6, 6.07) is 0. The largest absolute Gasteiger partial charge is 0.481 e. The molecule has 0 radical (unpaired) electrons. The van der Waals surface area contributed by atoms with E-state index in [9.17, 15) is 9.59 Å². The third kappa shape index (κ3) is 2.30. The van der Waals surface area contributed by atoms with Gasteiger partial charge in [0.2, 0.25) is 5.76 Å². The van der Waals surface area contributed by atoms with Gasteiger partial charge in [-0.25, -0.2) is 4.98 Å². The number of hydrogen-bond donors (Lipinski definition) is 1. The quantitative estimate of drug-likeness (QED) is 0.828. The number of carbonyl (C=O) groups is 2. The molecule has 0 spiro atoms. The minimum Gasteiger partial charge on any atom is -0.481 e. The number of carbonyl (C=O) groups excluding carboxylic acids is 1. The molecule has 0 bridgehead atoms. The number of hydrogen-bond acceptors (Lipinski definition) is 4. The standard InChI is InChI=1S/C11H14N2O4/c1-7-9(17-6-12-7)10(14)13-4-2-3-8(5-13)11(15)16/h6,8H,2-5H2,1H3,(H,15,16)/t8-/m0/s1. The molecule has 6 nitrogen and oxygen atoms in total. The first-order valence-corrected chi connectivity index (χ1v) is 5.51. The highest BCUT2D eigenvalue weighted by molar-refractivity contribution is 5.92. The Bertz CT molecular complexity index is 440. The summed E-state index contributed by atoms with van der Waals surface area (Å²) in [7, 11) is 0. The molecule has 0 aliphatic carbocycles. The van der Waals surface area contributed by atoms with E-state index < -0.39 is 11.9 Å². The molecule has 1 aromatic heterocycles. The van der Waals surface area contributed by atoms with Crippen molar-refractivity contribution in [2.24, 2.45) is 5.92 Å². The number of aliphatic carboxylic acids is 1. The Labute approximate surface area is 98.2 Å². The molecule has 1 amide bonds. The number of nitrogens with zero attached hydrogens (tertiary/aromatic N) is 2. The average Bonchev–Trinajstić information content (AvgIpc) is 2.74. The molecule has 6 heteroatoms. The lowest BCUT2D eigenvalue weighted by atomic mass is 9.98. The van der Waals surface area contributed by atoms with Gasteiger partial charge >= 0.3 is 5.97 Å². The monoisotopic (exact) mass is 238 g/mol. The summed E-state index contributed by atoms with van der Waals surface area (Å²) in [5.74, 6) is -1.39. The van der Waals surface area contributed by atoms with Crippen molar-refractivity contribution in [3.8, 4) is 0 Å². The number of likely N-dealkylation sites (tertiary alicyclic amines) is 1. The maximum absolute atomic E-state index is 12.0. The molecule has 1 aliphatic heterocycles. The van der Waals surface area contributed by atoms with Crippen LogP contribution in [-0.2, 0) is 4.79 Å². The first kappa shape index (κ1) is 11.6. The second-order valence-electron chi connectivity index (χ2n) is 4.20. The highest BCUT2D eigenvalue weighted by atomic mass is 16.4. The minimum atomic E-state index is -0.850. The molecule has 1 N–H and O–H groups in total. The summed E-state index contributed by atoms with van der Waals surface area (Å²) in [6.45, 7) is 2.51. The Morgan fingerprint density at radius 3 is 2.94 bits per heavy atom. The molecule has 1 atom stereocenters. The number of aromatic nitrogens is 1. The third-order valence-corrected chi connectivity index (χ3v) is 3.00. The molecule has 1 aromatic rings. The van der Waals surface area contributed by atoms with Crippen LogP contribution in [-0.4, -0.2) is 40.0 Å². The molecule has 0 saturated carbocycles. The van der Waals surface area contributed by atoms with Crippen LogP contribution in [0.3, 0.4) is 0 Å². The minimum absolute atomic E-state index is 0.205. The first-order valence-electron chi connectivity index (χ1n) is 5.51. The Morgan fingerprint density at radius 1 is 1.59 bits per heavy atom. The lowest BCUT2D eigenvalue weighted by molar-refractivity contribution is -0.143. The summed E-state index contributed by atoms with van der Waals surface area (Å²) in [5.41, 5.74) is 0.535. The Balaban J connectivity index is 2.10. The zero-order chi connectivity index (χ0) is 12.4. The third-order valence-electron chi connectivity index (χ3n) is 3.00. The number of amides is 1. The maximum atomic E-state index is 12.0. The van der Waals surface area contributed by atoms with Gasteiger partial charge < -0.3 is 14.4 Å². The summed E-state index contributed by atoms with van der Waals surface area (Å²) < 4.78 is 5.03. The lowest BCUT2D eigenvalue weighted by Gasteiger charge is -2.30. The van der Waals surface area contributed by atoms with Crippen molar-refractivity contribution >= 4 is 11.9 Å². The van der Waals surface area contributed by atoms with Gasteiger partial charge in [-0.05, 0) is 19.8 Å². The number of oxazole rings is 1. The van der Waals surface area contributed by atoms with Gasteiger partial charge in [0, 0.05) is 13.1 Å². The molecule has 1 fully saturated rings. The molecular formula is C11H14N2O4. The van der Waals surface area contributed by atoms with E-state index in [0.717, 1.165) is 0 Å². The Hall–Kier alpha value is -1.85. The number of piperidine rings is 1. The molecule has 17 heavy (non-hydrogen) atoms. The van der Waals surface area contributed by atoms with Crippen molar-refractivity contribution < 1.29 is 19.1 Å².